The summed E-state index contributed by atoms with van der Waals surface area (Å²) in [7, 11) is -3.21. The van der Waals surface area contributed by atoms with E-state index in [1.807, 2.05) is 0 Å². The minimum atomic E-state index is -3.21. The van der Waals surface area contributed by atoms with Crippen LogP contribution in [0.5, 0.6) is 0 Å². The molecule has 0 radical (unpaired) electrons. The Morgan fingerprint density at radius 2 is 1.92 bits per heavy atom. The van der Waals surface area contributed by atoms with Crippen LogP contribution < -0.4 is 0 Å². The average molecular weight is 349 g/mol. The van der Waals surface area contributed by atoms with E-state index in [0.29, 0.717) is 24.9 Å². The van der Waals surface area contributed by atoms with Gasteiger partial charge in [0, 0.05) is 30.6 Å². The van der Waals surface area contributed by atoms with E-state index < -0.39 is 14.6 Å². The summed E-state index contributed by atoms with van der Waals surface area (Å²) in [6, 6.07) is 5.23. The van der Waals surface area contributed by atoms with Gasteiger partial charge in [0.25, 0.3) is 5.91 Å². The number of ketones is 1. The van der Waals surface area contributed by atoms with Gasteiger partial charge in [0.05, 0.1) is 10.5 Å². The second-order valence-corrected chi connectivity index (χ2v) is 10.0. The number of rotatable bonds is 1. The maximum absolute atomic E-state index is 12.8. The van der Waals surface area contributed by atoms with Crippen molar-refractivity contribution in [1.29, 1.82) is 0 Å². The van der Waals surface area contributed by atoms with Gasteiger partial charge >= 0.3 is 0 Å². The Morgan fingerprint density at radius 1 is 1.17 bits per heavy atom. The van der Waals surface area contributed by atoms with Crippen molar-refractivity contribution in [2.24, 2.45) is 0 Å². The van der Waals surface area contributed by atoms with Crippen molar-refractivity contribution in [3.63, 3.8) is 0 Å². The van der Waals surface area contributed by atoms with Crippen LogP contribution in [0.2, 0.25) is 0 Å². The van der Waals surface area contributed by atoms with Crippen LogP contribution in [-0.2, 0) is 16.3 Å². The highest BCUT2D eigenvalue weighted by molar-refractivity contribution is 7.92. The number of hydrogen-bond donors (Lipinski definition) is 0. The molecule has 1 aliphatic carbocycles. The molecular formula is C18H23NO4S. The Labute approximate surface area is 143 Å². The Kier molecular flexibility index (Phi) is 4.28. The molecule has 2 aliphatic rings. The molecular weight excluding hydrogens is 326 g/mol. The molecule has 0 unspecified atom stereocenters. The summed E-state index contributed by atoms with van der Waals surface area (Å²) in [5, 5.41) is 0. The molecule has 0 aromatic heterocycles. The molecule has 3 rings (SSSR count). The van der Waals surface area contributed by atoms with Crippen LogP contribution in [0.1, 0.15) is 59.4 Å². The topological polar surface area (TPSA) is 71.5 Å². The molecule has 1 aromatic rings. The fourth-order valence-corrected chi connectivity index (χ4v) is 4.76. The van der Waals surface area contributed by atoms with Crippen LogP contribution in [0.3, 0.4) is 0 Å². The van der Waals surface area contributed by atoms with Crippen LogP contribution in [0, 0.1) is 0 Å². The van der Waals surface area contributed by atoms with E-state index in [2.05, 4.69) is 0 Å². The largest absolute Gasteiger partial charge is 0.338 e. The molecule has 1 aliphatic heterocycles. The summed E-state index contributed by atoms with van der Waals surface area (Å²) < 4.78 is 23.8. The number of sulfone groups is 1. The Balaban J connectivity index is 1.84. The fourth-order valence-electron chi connectivity index (χ4n) is 3.34. The van der Waals surface area contributed by atoms with Gasteiger partial charge < -0.3 is 4.90 Å². The van der Waals surface area contributed by atoms with E-state index in [4.69, 9.17) is 0 Å². The number of carbonyl (C=O) groups excluding carboxylic acids is 2. The van der Waals surface area contributed by atoms with Crippen molar-refractivity contribution in [1.82, 2.24) is 4.90 Å². The summed E-state index contributed by atoms with van der Waals surface area (Å²) in [5.41, 5.74) is 2.19. The molecule has 5 nitrogen and oxygen atoms in total. The third kappa shape index (κ3) is 2.99. The molecule has 1 heterocycles. The number of hydrogen-bond acceptors (Lipinski definition) is 4. The summed E-state index contributed by atoms with van der Waals surface area (Å²) in [6.07, 6.45) is 2.63. The summed E-state index contributed by atoms with van der Waals surface area (Å²) in [5.74, 6) is -0.0172. The van der Waals surface area contributed by atoms with Gasteiger partial charge in [-0.2, -0.15) is 0 Å². The number of benzene rings is 1. The van der Waals surface area contributed by atoms with E-state index in [0.717, 1.165) is 24.0 Å². The molecule has 0 saturated carbocycles. The maximum atomic E-state index is 12.8. The first-order valence-corrected chi connectivity index (χ1v) is 10.0. The standard InChI is InChI=1S/C18H23NO4S/c1-18(2)8-9-19(10-11-24(18,22)23)17(21)14-6-7-15-13(12-14)4-3-5-16(15)20/h6-7,12H,3-5,8-11H2,1-2H3. The number of carbonyl (C=O) groups is 2. The van der Waals surface area contributed by atoms with Crippen LogP contribution in [0.4, 0.5) is 0 Å². The minimum absolute atomic E-state index is 0.00479. The molecule has 1 amide bonds. The van der Waals surface area contributed by atoms with E-state index in [-0.39, 0.29) is 24.0 Å². The van der Waals surface area contributed by atoms with Crippen molar-refractivity contribution >= 4 is 21.5 Å². The van der Waals surface area contributed by atoms with Crippen molar-refractivity contribution in [2.75, 3.05) is 18.8 Å². The predicted molar refractivity (Wildman–Crippen MR) is 92.1 cm³/mol. The Hall–Kier alpha value is -1.69. The van der Waals surface area contributed by atoms with Crippen LogP contribution in [0.15, 0.2) is 18.2 Å². The molecule has 1 fully saturated rings. The van der Waals surface area contributed by atoms with Crippen molar-refractivity contribution in [2.45, 2.75) is 44.3 Å². The molecule has 0 atom stereocenters. The summed E-state index contributed by atoms with van der Waals surface area (Å²) in [4.78, 5) is 26.3. The highest BCUT2D eigenvalue weighted by atomic mass is 32.2. The Bertz CT molecular complexity index is 795. The third-order valence-electron chi connectivity index (χ3n) is 5.25. The molecule has 1 saturated heterocycles. The van der Waals surface area contributed by atoms with Gasteiger partial charge in [-0.1, -0.05) is 6.07 Å². The number of nitrogens with zero attached hydrogens (tertiary/aromatic N) is 1. The summed E-state index contributed by atoms with van der Waals surface area (Å²) in [6.45, 7) is 4.10. The molecule has 0 N–H and O–H groups in total. The lowest BCUT2D eigenvalue weighted by molar-refractivity contribution is 0.0763. The quantitative estimate of drug-likeness (QED) is 0.779. The van der Waals surface area contributed by atoms with E-state index >= 15 is 0 Å². The molecule has 24 heavy (non-hydrogen) atoms. The number of Topliss-reactive ketones (excluding diaryl/α,β-unsaturated/α-hetero) is 1. The lowest BCUT2D eigenvalue weighted by Crippen LogP contribution is -2.33. The summed E-state index contributed by atoms with van der Waals surface area (Å²) >= 11 is 0. The zero-order valence-corrected chi connectivity index (χ0v) is 15.0. The maximum Gasteiger partial charge on any atom is 0.253 e. The number of fused-ring (bicyclic) bond motifs is 1. The molecule has 0 bridgehead atoms. The van der Waals surface area contributed by atoms with Crippen molar-refractivity contribution < 1.29 is 18.0 Å². The van der Waals surface area contributed by atoms with Crippen molar-refractivity contribution in [3.8, 4) is 0 Å². The van der Waals surface area contributed by atoms with Gasteiger partial charge in [-0.05, 0) is 50.8 Å². The smallest absolute Gasteiger partial charge is 0.253 e. The monoisotopic (exact) mass is 349 g/mol. The van der Waals surface area contributed by atoms with E-state index in [1.54, 1.807) is 36.9 Å². The molecule has 1 aromatic carbocycles. The first-order valence-electron chi connectivity index (χ1n) is 8.39. The third-order valence-corrected chi connectivity index (χ3v) is 7.85. The minimum Gasteiger partial charge on any atom is -0.338 e. The number of aryl methyl sites for hydroxylation is 1. The van der Waals surface area contributed by atoms with Gasteiger partial charge in [0.1, 0.15) is 0 Å². The fraction of sp³-hybridized carbons (Fsp3) is 0.556. The van der Waals surface area contributed by atoms with E-state index in [1.165, 1.54) is 0 Å². The number of amides is 1. The van der Waals surface area contributed by atoms with Gasteiger partial charge in [-0.3, -0.25) is 9.59 Å². The molecule has 0 spiro atoms. The van der Waals surface area contributed by atoms with Gasteiger partial charge in [0.2, 0.25) is 0 Å². The van der Waals surface area contributed by atoms with Crippen LogP contribution >= 0.6 is 0 Å². The zero-order valence-electron chi connectivity index (χ0n) is 14.2. The van der Waals surface area contributed by atoms with Crippen molar-refractivity contribution in [3.05, 3.63) is 34.9 Å². The van der Waals surface area contributed by atoms with E-state index in [9.17, 15) is 18.0 Å². The predicted octanol–water partition coefficient (Wildman–Crippen LogP) is 2.24. The van der Waals surface area contributed by atoms with Crippen LogP contribution in [-0.4, -0.2) is 48.6 Å². The highest BCUT2D eigenvalue weighted by Gasteiger charge is 2.38. The normalized spacial score (nSPS) is 22.6. The molecule has 130 valence electrons. The average Bonchev–Trinajstić information content (AvgIpc) is 2.63. The highest BCUT2D eigenvalue weighted by Crippen LogP contribution is 2.27. The van der Waals surface area contributed by atoms with Gasteiger partial charge in [-0.15, -0.1) is 0 Å². The zero-order chi connectivity index (χ0) is 17.5. The lowest BCUT2D eigenvalue weighted by atomic mass is 9.89. The first-order chi connectivity index (χ1) is 11.2. The second kappa shape index (κ2) is 5.99. The first kappa shape index (κ1) is 17.1. The second-order valence-electron chi connectivity index (χ2n) is 7.27. The molecule has 6 heteroatoms. The van der Waals surface area contributed by atoms with Gasteiger partial charge in [0.15, 0.2) is 15.6 Å². The van der Waals surface area contributed by atoms with Gasteiger partial charge in [-0.25, -0.2) is 8.42 Å². The SMILES string of the molecule is CC1(C)CCN(C(=O)c2ccc3c(c2)CCCC3=O)CCS1(=O)=O. The van der Waals surface area contributed by atoms with Crippen LogP contribution in [0.25, 0.3) is 0 Å². The Morgan fingerprint density at radius 3 is 2.67 bits per heavy atom. The lowest BCUT2D eigenvalue weighted by Gasteiger charge is -2.23.